The van der Waals surface area contributed by atoms with E-state index in [9.17, 15) is 10.2 Å². The molecular weight excluding hydrogens is 288 g/mol. The van der Waals surface area contributed by atoms with Crippen molar-refractivity contribution in [1.82, 2.24) is 0 Å². The Balaban J connectivity index is 3.86. The average molecular weight is 294 g/mol. The molecule has 0 saturated heterocycles. The zero-order valence-electron chi connectivity index (χ0n) is 6.06. The lowest BCUT2D eigenvalue weighted by molar-refractivity contribution is 0.447. The minimum Gasteiger partial charge on any atom is -0.506 e. The predicted octanol–water partition coefficient (Wildman–Crippen LogP) is 1.44. The predicted molar refractivity (Wildman–Crippen MR) is 55.5 cm³/mol. The van der Waals surface area contributed by atoms with Crippen LogP contribution in [0.1, 0.15) is 0 Å². The van der Waals surface area contributed by atoms with E-state index in [-0.39, 0.29) is 11.5 Å². The van der Waals surface area contributed by atoms with Gasteiger partial charge in [-0.05, 0) is 31.9 Å². The molecule has 1 rings (SSSR count). The average Bonchev–Trinajstić information content (AvgIpc) is 2.08. The number of hydrogen-bond donors (Lipinski definition) is 2. The molecule has 2 N–H and O–H groups in total. The first-order valence-corrected chi connectivity index (χ1v) is 4.62. The van der Waals surface area contributed by atoms with Gasteiger partial charge in [0.05, 0.1) is 8.95 Å². The van der Waals surface area contributed by atoms with Gasteiger partial charge < -0.3 is 10.2 Å². The van der Waals surface area contributed by atoms with Crippen LogP contribution in [0.2, 0.25) is 0 Å². The number of halogens is 2. The highest BCUT2D eigenvalue weighted by atomic mass is 79.9. The minimum absolute atomic E-state index is 0.00956. The summed E-state index contributed by atoms with van der Waals surface area (Å²) in [4.78, 5) is 0. The van der Waals surface area contributed by atoms with Gasteiger partial charge in [-0.25, -0.2) is 0 Å². The molecule has 2 nitrogen and oxygen atoms in total. The minimum atomic E-state index is -0.00956. The molecule has 0 aromatic heterocycles. The molecule has 0 heterocycles. The van der Waals surface area contributed by atoms with Gasteiger partial charge in [-0.3, -0.25) is 0 Å². The summed E-state index contributed by atoms with van der Waals surface area (Å²) in [5, 5.41) is 19.5. The Morgan fingerprint density at radius 3 is 1.33 bits per heavy atom. The summed E-state index contributed by atoms with van der Waals surface area (Å²) in [5.41, 5.74) is 0. The van der Waals surface area contributed by atoms with Crippen LogP contribution in [-0.4, -0.2) is 10.2 Å². The van der Waals surface area contributed by atoms with Crippen molar-refractivity contribution >= 4 is 45.0 Å². The van der Waals surface area contributed by atoms with E-state index in [4.69, 9.17) is 0 Å². The van der Waals surface area contributed by atoms with Gasteiger partial charge in [0.15, 0.2) is 0 Å². The van der Waals surface area contributed by atoms with Crippen LogP contribution < -0.4 is 10.4 Å². The molecule has 0 amide bonds. The van der Waals surface area contributed by atoms with Gasteiger partial charge in [0.25, 0.3) is 0 Å². The molecule has 12 heavy (non-hydrogen) atoms. The highest BCUT2D eigenvalue weighted by molar-refractivity contribution is 9.11. The number of aromatic hydroxyl groups is 2. The fraction of sp³-hybridized carbons (Fsp3) is 0. The van der Waals surface area contributed by atoms with E-state index in [1.807, 2.05) is 0 Å². The van der Waals surface area contributed by atoms with Crippen LogP contribution >= 0.6 is 31.9 Å². The van der Waals surface area contributed by atoms with Crippen LogP contribution in [0.3, 0.4) is 0 Å². The Kier molecular flexibility index (Phi) is 2.49. The molecule has 4 heteroatoms. The molecule has 1 aromatic rings. The zero-order valence-corrected chi connectivity index (χ0v) is 9.24. The second kappa shape index (κ2) is 3.11. The second-order valence-corrected chi connectivity index (χ2v) is 3.87. The van der Waals surface area contributed by atoms with Crippen molar-refractivity contribution in [1.29, 1.82) is 0 Å². The van der Waals surface area contributed by atoms with Crippen molar-refractivity contribution in [3.05, 3.63) is 19.4 Å². The molecule has 0 unspecified atom stereocenters. The second-order valence-electron chi connectivity index (χ2n) is 2.28. The van der Waals surface area contributed by atoms with Crippen LogP contribution in [0.25, 0.3) is 13.2 Å². The normalized spacial score (nSPS) is 10.2. The highest BCUT2D eigenvalue weighted by Crippen LogP contribution is 2.23. The van der Waals surface area contributed by atoms with E-state index in [0.29, 0.717) is 19.4 Å². The Morgan fingerprint density at radius 2 is 1.08 bits per heavy atom. The van der Waals surface area contributed by atoms with E-state index in [0.717, 1.165) is 0 Å². The quantitative estimate of drug-likeness (QED) is 0.711. The van der Waals surface area contributed by atoms with Crippen molar-refractivity contribution in [3.8, 4) is 11.5 Å². The lowest BCUT2D eigenvalue weighted by Crippen LogP contribution is -2.11. The molecule has 0 radical (unpaired) electrons. The fourth-order valence-electron chi connectivity index (χ4n) is 0.759. The monoisotopic (exact) mass is 292 g/mol. The third kappa shape index (κ3) is 1.25. The lowest BCUT2D eigenvalue weighted by Gasteiger charge is -2.03. The topological polar surface area (TPSA) is 40.5 Å². The number of benzene rings is 1. The largest absolute Gasteiger partial charge is 0.506 e. The van der Waals surface area contributed by atoms with Crippen molar-refractivity contribution in [2.75, 3.05) is 0 Å². The van der Waals surface area contributed by atoms with Crippen molar-refractivity contribution in [2.45, 2.75) is 0 Å². The van der Waals surface area contributed by atoms with Crippen LogP contribution in [0, 0.1) is 0 Å². The van der Waals surface area contributed by atoms with Crippen LogP contribution in [-0.2, 0) is 0 Å². The lowest BCUT2D eigenvalue weighted by atomic mass is 10.2. The molecule has 0 atom stereocenters. The van der Waals surface area contributed by atoms with Crippen molar-refractivity contribution in [3.63, 3.8) is 0 Å². The van der Waals surface area contributed by atoms with Gasteiger partial charge >= 0.3 is 0 Å². The maximum Gasteiger partial charge on any atom is 0.138 e. The molecule has 1 aromatic carbocycles. The summed E-state index contributed by atoms with van der Waals surface area (Å²) >= 11 is 6.16. The van der Waals surface area contributed by atoms with E-state index >= 15 is 0 Å². The van der Waals surface area contributed by atoms with Crippen LogP contribution in [0.4, 0.5) is 0 Å². The Morgan fingerprint density at radius 1 is 0.833 bits per heavy atom. The van der Waals surface area contributed by atoms with Crippen LogP contribution in [0.5, 0.6) is 11.5 Å². The van der Waals surface area contributed by atoms with Crippen molar-refractivity contribution < 1.29 is 10.2 Å². The Hall–Kier alpha value is -0.480. The summed E-state index contributed by atoms with van der Waals surface area (Å²) in [7, 11) is 0. The van der Waals surface area contributed by atoms with E-state index < -0.39 is 0 Å². The Bertz CT molecular complexity index is 350. The summed E-state index contributed by atoms with van der Waals surface area (Å²) in [6.07, 6.45) is 0. The van der Waals surface area contributed by atoms with Gasteiger partial charge in [0.2, 0.25) is 0 Å². The zero-order chi connectivity index (χ0) is 9.46. The van der Waals surface area contributed by atoms with Gasteiger partial charge in [0.1, 0.15) is 11.5 Å². The van der Waals surface area contributed by atoms with Crippen molar-refractivity contribution in [2.24, 2.45) is 0 Å². The van der Waals surface area contributed by atoms with Gasteiger partial charge in [-0.2, -0.15) is 0 Å². The summed E-state index contributed by atoms with van der Waals surface area (Å²) in [6.45, 7) is 7.14. The fourth-order valence-corrected chi connectivity index (χ4v) is 1.61. The standard InChI is InChI=1S/C8H6Br2O2/c1-3-5(9)8(12)4(2)6(10)7(3)11/h11-12H,1-2H2. The third-order valence-corrected chi connectivity index (χ3v) is 3.23. The summed E-state index contributed by atoms with van der Waals surface area (Å²) in [6, 6.07) is 0. The van der Waals surface area contributed by atoms with E-state index in [2.05, 4.69) is 45.0 Å². The first kappa shape index (κ1) is 9.61. The summed E-state index contributed by atoms with van der Waals surface area (Å²) in [5.74, 6) is -0.0191. The third-order valence-electron chi connectivity index (χ3n) is 1.52. The number of phenolic OH excluding ortho intramolecular Hbond substituents is 2. The maximum atomic E-state index is 9.40. The van der Waals surface area contributed by atoms with E-state index in [1.54, 1.807) is 0 Å². The SMILES string of the molecule is C=c1c(O)c(Br)c(=C)c(O)c1Br. The number of phenols is 2. The molecule has 0 saturated carbocycles. The van der Waals surface area contributed by atoms with Gasteiger partial charge in [-0.1, -0.05) is 13.2 Å². The van der Waals surface area contributed by atoms with E-state index in [1.165, 1.54) is 0 Å². The highest BCUT2D eigenvalue weighted by Gasteiger charge is 2.09. The first-order valence-electron chi connectivity index (χ1n) is 3.03. The van der Waals surface area contributed by atoms with Gasteiger partial charge in [0, 0.05) is 10.4 Å². The molecule has 0 aliphatic heterocycles. The molecule has 0 fully saturated rings. The molecule has 64 valence electrons. The van der Waals surface area contributed by atoms with Crippen LogP contribution in [0.15, 0.2) is 8.95 Å². The first-order chi connectivity index (χ1) is 5.46. The Labute approximate surface area is 86.1 Å². The summed E-state index contributed by atoms with van der Waals surface area (Å²) < 4.78 is 0.737. The number of rotatable bonds is 0. The molecule has 0 aliphatic carbocycles. The molecular formula is C8H6Br2O2. The van der Waals surface area contributed by atoms with Gasteiger partial charge in [-0.15, -0.1) is 0 Å². The molecule has 0 aliphatic rings. The number of hydrogen-bond acceptors (Lipinski definition) is 2. The molecule has 0 bridgehead atoms. The smallest absolute Gasteiger partial charge is 0.138 e. The molecule has 0 spiro atoms. The maximum absolute atomic E-state index is 9.40.